The molecule has 0 fully saturated rings. The van der Waals surface area contributed by atoms with Crippen LogP contribution in [0.4, 0.5) is 18.9 Å². The zero-order chi connectivity index (χ0) is 17.9. The topological polar surface area (TPSA) is 68.3 Å². The third-order valence-electron chi connectivity index (χ3n) is 2.95. The molecule has 0 aliphatic carbocycles. The number of hydrogen-bond acceptors (Lipinski definition) is 4. The van der Waals surface area contributed by atoms with Crippen molar-refractivity contribution in [3.8, 4) is 0 Å². The Bertz CT molecular complexity index is 777. The van der Waals surface area contributed by atoms with Crippen LogP contribution < -0.4 is 5.32 Å². The van der Waals surface area contributed by atoms with E-state index in [0.29, 0.717) is 6.07 Å². The molecular weight excluding hydrogens is 349 g/mol. The molecule has 0 spiro atoms. The summed E-state index contributed by atoms with van der Waals surface area (Å²) in [5, 5.41) is 2.55. The molecule has 1 aromatic carbocycles. The van der Waals surface area contributed by atoms with E-state index in [2.05, 4.69) is 15.0 Å². The Morgan fingerprint density at radius 2 is 1.83 bits per heavy atom. The Labute approximate surface area is 139 Å². The van der Waals surface area contributed by atoms with Crippen LogP contribution in [0.5, 0.6) is 0 Å². The van der Waals surface area contributed by atoms with Crippen LogP contribution in [0.3, 0.4) is 0 Å². The highest BCUT2D eigenvalue weighted by Crippen LogP contribution is 2.28. The maximum absolute atomic E-state index is 12.4. The second-order valence-electron chi connectivity index (χ2n) is 4.57. The second kappa shape index (κ2) is 6.88. The van der Waals surface area contributed by atoms with Gasteiger partial charge in [-0.1, -0.05) is 11.6 Å². The molecule has 24 heavy (non-hydrogen) atoms. The van der Waals surface area contributed by atoms with Crippen LogP contribution in [0.1, 0.15) is 26.4 Å². The molecule has 0 saturated carbocycles. The van der Waals surface area contributed by atoms with E-state index in [4.69, 9.17) is 11.6 Å². The maximum Gasteiger partial charge on any atom is 0.433 e. The number of esters is 1. The number of halogens is 4. The largest absolute Gasteiger partial charge is 0.465 e. The van der Waals surface area contributed by atoms with E-state index in [0.717, 1.165) is 12.3 Å². The SMILES string of the molecule is COC(=O)c1ccc(Cl)c(NC(=O)c2ccc(C(F)(F)F)nc2)c1. The number of rotatable bonds is 3. The number of amides is 1. The summed E-state index contributed by atoms with van der Waals surface area (Å²) < 4.78 is 41.9. The number of anilines is 1. The lowest BCUT2D eigenvalue weighted by atomic mass is 10.2. The quantitative estimate of drug-likeness (QED) is 0.847. The monoisotopic (exact) mass is 358 g/mol. The Morgan fingerprint density at radius 3 is 2.38 bits per heavy atom. The van der Waals surface area contributed by atoms with Crippen molar-refractivity contribution in [3.63, 3.8) is 0 Å². The number of benzene rings is 1. The van der Waals surface area contributed by atoms with Gasteiger partial charge in [-0.15, -0.1) is 0 Å². The molecule has 0 aliphatic rings. The van der Waals surface area contributed by atoms with E-state index in [9.17, 15) is 22.8 Å². The summed E-state index contributed by atoms with van der Waals surface area (Å²) in [7, 11) is 1.20. The predicted octanol–water partition coefficient (Wildman–Crippen LogP) is 3.79. The zero-order valence-electron chi connectivity index (χ0n) is 12.1. The Balaban J connectivity index is 2.22. The molecule has 126 valence electrons. The molecule has 0 aliphatic heterocycles. The van der Waals surface area contributed by atoms with Crippen molar-refractivity contribution in [1.82, 2.24) is 4.98 Å². The zero-order valence-corrected chi connectivity index (χ0v) is 12.9. The highest BCUT2D eigenvalue weighted by atomic mass is 35.5. The fraction of sp³-hybridized carbons (Fsp3) is 0.133. The molecule has 0 atom stereocenters. The lowest BCUT2D eigenvalue weighted by molar-refractivity contribution is -0.141. The van der Waals surface area contributed by atoms with Gasteiger partial charge in [0.1, 0.15) is 5.69 Å². The van der Waals surface area contributed by atoms with E-state index < -0.39 is 23.7 Å². The molecule has 2 aromatic rings. The molecule has 9 heteroatoms. The van der Waals surface area contributed by atoms with Crippen molar-refractivity contribution in [2.45, 2.75) is 6.18 Å². The van der Waals surface area contributed by atoms with Gasteiger partial charge < -0.3 is 10.1 Å². The minimum Gasteiger partial charge on any atom is -0.465 e. The number of hydrogen-bond donors (Lipinski definition) is 1. The molecule has 1 aromatic heterocycles. The van der Waals surface area contributed by atoms with Crippen LogP contribution >= 0.6 is 11.6 Å². The smallest absolute Gasteiger partial charge is 0.433 e. The Kier molecular flexibility index (Phi) is 5.08. The lowest BCUT2D eigenvalue weighted by Crippen LogP contribution is -2.15. The second-order valence-corrected chi connectivity index (χ2v) is 4.98. The van der Waals surface area contributed by atoms with Gasteiger partial charge in [-0.3, -0.25) is 9.78 Å². The standard InChI is InChI=1S/C15H10ClF3N2O3/c1-24-14(23)8-2-4-10(16)11(6-8)21-13(22)9-3-5-12(20-7-9)15(17,18)19/h2-7H,1H3,(H,21,22). The number of ether oxygens (including phenoxy) is 1. The number of methoxy groups -OCH3 is 1. The predicted molar refractivity (Wildman–Crippen MR) is 80.0 cm³/mol. The first-order valence-corrected chi connectivity index (χ1v) is 6.82. The molecule has 1 heterocycles. The van der Waals surface area contributed by atoms with Crippen molar-refractivity contribution in [1.29, 1.82) is 0 Å². The molecule has 1 amide bonds. The fourth-order valence-electron chi connectivity index (χ4n) is 1.76. The van der Waals surface area contributed by atoms with E-state index in [1.54, 1.807) is 0 Å². The van der Waals surface area contributed by atoms with Gasteiger partial charge in [0, 0.05) is 6.20 Å². The van der Waals surface area contributed by atoms with E-state index in [-0.39, 0.29) is 21.8 Å². The first kappa shape index (κ1) is 17.7. The molecule has 0 unspecified atom stereocenters. The van der Waals surface area contributed by atoms with Gasteiger partial charge in [-0.25, -0.2) is 4.79 Å². The van der Waals surface area contributed by atoms with Crippen molar-refractivity contribution < 1.29 is 27.5 Å². The number of pyridine rings is 1. The van der Waals surface area contributed by atoms with Crippen molar-refractivity contribution in [2.75, 3.05) is 12.4 Å². The summed E-state index contributed by atoms with van der Waals surface area (Å²) in [5.74, 6) is -1.35. The van der Waals surface area contributed by atoms with Gasteiger partial charge in [0.2, 0.25) is 0 Å². The average molecular weight is 359 g/mol. The number of aromatic nitrogens is 1. The number of alkyl halides is 3. The summed E-state index contributed by atoms with van der Waals surface area (Å²) in [4.78, 5) is 26.7. The van der Waals surface area contributed by atoms with Crippen LogP contribution in [-0.2, 0) is 10.9 Å². The van der Waals surface area contributed by atoms with Gasteiger partial charge in [0.25, 0.3) is 5.91 Å². The number of nitrogens with one attached hydrogen (secondary N) is 1. The first-order valence-electron chi connectivity index (χ1n) is 6.45. The summed E-state index contributed by atoms with van der Waals surface area (Å²) in [6.07, 6.45) is -3.79. The number of carbonyl (C=O) groups is 2. The van der Waals surface area contributed by atoms with Gasteiger partial charge >= 0.3 is 12.1 Å². The summed E-state index contributed by atoms with van der Waals surface area (Å²) >= 11 is 5.93. The third kappa shape index (κ3) is 4.02. The molecule has 1 N–H and O–H groups in total. The molecule has 5 nitrogen and oxygen atoms in total. The van der Waals surface area contributed by atoms with E-state index in [1.165, 1.54) is 25.3 Å². The van der Waals surface area contributed by atoms with E-state index in [1.807, 2.05) is 0 Å². The van der Waals surface area contributed by atoms with Gasteiger partial charge in [-0.05, 0) is 30.3 Å². The van der Waals surface area contributed by atoms with Crippen molar-refractivity contribution in [2.24, 2.45) is 0 Å². The summed E-state index contributed by atoms with van der Waals surface area (Å²) in [6, 6.07) is 5.77. The minimum absolute atomic E-state index is 0.0949. The van der Waals surface area contributed by atoms with Crippen molar-refractivity contribution >= 4 is 29.2 Å². The molecule has 0 bridgehead atoms. The highest BCUT2D eigenvalue weighted by molar-refractivity contribution is 6.34. The Morgan fingerprint density at radius 1 is 1.17 bits per heavy atom. The van der Waals surface area contributed by atoms with E-state index >= 15 is 0 Å². The van der Waals surface area contributed by atoms with Crippen LogP contribution in [0.15, 0.2) is 36.5 Å². The van der Waals surface area contributed by atoms with Gasteiger partial charge in [0.15, 0.2) is 0 Å². The molecule has 0 saturated heterocycles. The maximum atomic E-state index is 12.4. The molecular formula is C15H10ClF3N2O3. The lowest BCUT2D eigenvalue weighted by Gasteiger charge is -2.10. The van der Waals surface area contributed by atoms with Crippen LogP contribution in [-0.4, -0.2) is 24.0 Å². The number of nitrogens with zero attached hydrogens (tertiary/aromatic N) is 1. The molecule has 2 rings (SSSR count). The first-order chi connectivity index (χ1) is 11.2. The minimum atomic E-state index is -4.59. The third-order valence-corrected chi connectivity index (χ3v) is 3.28. The summed E-state index contributed by atoms with van der Waals surface area (Å²) in [5.41, 5.74) is -0.931. The van der Waals surface area contributed by atoms with Gasteiger partial charge in [-0.2, -0.15) is 13.2 Å². The normalized spacial score (nSPS) is 11.0. The van der Waals surface area contributed by atoms with Crippen LogP contribution in [0.25, 0.3) is 0 Å². The van der Waals surface area contributed by atoms with Crippen LogP contribution in [0, 0.1) is 0 Å². The highest BCUT2D eigenvalue weighted by Gasteiger charge is 2.32. The average Bonchev–Trinajstić information content (AvgIpc) is 2.55. The fourth-order valence-corrected chi connectivity index (χ4v) is 1.92. The van der Waals surface area contributed by atoms with Gasteiger partial charge in [0.05, 0.1) is 28.9 Å². The van der Waals surface area contributed by atoms with Crippen molar-refractivity contribution in [3.05, 3.63) is 58.4 Å². The number of carbonyl (C=O) groups excluding carboxylic acids is 2. The Hall–Kier alpha value is -2.61. The van der Waals surface area contributed by atoms with Crippen LogP contribution in [0.2, 0.25) is 5.02 Å². The molecule has 0 radical (unpaired) electrons. The summed E-state index contributed by atoms with van der Waals surface area (Å²) in [6.45, 7) is 0.